The molecule has 1 heterocycles. The predicted molar refractivity (Wildman–Crippen MR) is 168 cm³/mol. The van der Waals surface area contributed by atoms with Gasteiger partial charge >= 0.3 is 0 Å². The lowest BCUT2D eigenvalue weighted by Crippen LogP contribution is -2.44. The summed E-state index contributed by atoms with van der Waals surface area (Å²) in [6.07, 6.45) is 8.77. The van der Waals surface area contributed by atoms with E-state index in [0.29, 0.717) is 25.1 Å². The van der Waals surface area contributed by atoms with Crippen LogP contribution in [0.15, 0.2) is 42.0 Å². The minimum absolute atomic E-state index is 0.0248. The summed E-state index contributed by atoms with van der Waals surface area (Å²) in [4.78, 5) is 41.7. The maximum absolute atomic E-state index is 13.1. The van der Waals surface area contributed by atoms with Gasteiger partial charge in [-0.1, -0.05) is 83.9 Å². The highest BCUT2D eigenvalue weighted by molar-refractivity contribution is 5.93. The summed E-state index contributed by atoms with van der Waals surface area (Å²) >= 11 is 0. The Hall–Kier alpha value is -2.67. The van der Waals surface area contributed by atoms with Crippen molar-refractivity contribution in [2.75, 3.05) is 33.2 Å². The van der Waals surface area contributed by atoms with E-state index in [1.807, 2.05) is 62.1 Å². The third-order valence-electron chi connectivity index (χ3n) is 6.74. The number of amides is 3. The highest BCUT2D eigenvalue weighted by Gasteiger charge is 2.23. The van der Waals surface area contributed by atoms with Crippen LogP contribution >= 0.6 is 0 Å². The molecule has 1 aromatic carbocycles. The van der Waals surface area contributed by atoms with Crippen molar-refractivity contribution in [1.82, 2.24) is 20.0 Å². The molecular weight excluding hydrogens is 500 g/mol. The molecule has 3 amide bonds. The first kappa shape index (κ1) is 37.3. The van der Waals surface area contributed by atoms with Crippen LogP contribution in [-0.4, -0.2) is 78.2 Å². The predicted octanol–water partition coefficient (Wildman–Crippen LogP) is 5.90. The SMILES string of the molecule is CC(C)N1CCCCC1.CCC.CCCN(Cc1ccccc1)C(=O)/C(C)=C/C(C(C)C)N(C)C(=O)CNC=O. The highest BCUT2D eigenvalue weighted by Crippen LogP contribution is 2.16. The Labute approximate surface area is 245 Å². The number of carbonyl (C=O) groups excluding carboxylic acids is 3. The number of carbonyl (C=O) groups is 3. The topological polar surface area (TPSA) is 73.0 Å². The minimum Gasteiger partial charge on any atom is -0.350 e. The molecule has 2 rings (SSSR count). The largest absolute Gasteiger partial charge is 0.350 e. The number of hydrogen-bond donors (Lipinski definition) is 1. The van der Waals surface area contributed by atoms with Crippen molar-refractivity contribution < 1.29 is 14.4 Å². The third kappa shape index (κ3) is 15.2. The second kappa shape index (κ2) is 22.1. The molecule has 1 aliphatic heterocycles. The number of likely N-dealkylation sites (tertiary alicyclic amines) is 1. The first-order valence-corrected chi connectivity index (χ1v) is 15.2. The Kier molecular flexibility index (Phi) is 20.6. The molecule has 1 atom stereocenters. The van der Waals surface area contributed by atoms with Crippen molar-refractivity contribution in [2.24, 2.45) is 5.92 Å². The molecule has 1 aliphatic rings. The Morgan fingerprint density at radius 3 is 2.02 bits per heavy atom. The minimum atomic E-state index is -0.231. The van der Waals surface area contributed by atoms with E-state index in [9.17, 15) is 14.4 Å². The van der Waals surface area contributed by atoms with Crippen LogP contribution in [0.3, 0.4) is 0 Å². The fourth-order valence-electron chi connectivity index (χ4n) is 4.51. The number of nitrogens with one attached hydrogen (secondary N) is 1. The maximum atomic E-state index is 13.1. The normalized spacial score (nSPS) is 14.3. The molecule has 0 radical (unpaired) electrons. The van der Waals surface area contributed by atoms with Crippen molar-refractivity contribution in [2.45, 2.75) is 106 Å². The molecule has 1 N–H and O–H groups in total. The van der Waals surface area contributed by atoms with Gasteiger partial charge in [-0.25, -0.2) is 0 Å². The second-order valence-corrected chi connectivity index (χ2v) is 11.2. The van der Waals surface area contributed by atoms with Crippen molar-refractivity contribution in [1.29, 1.82) is 0 Å². The summed E-state index contributed by atoms with van der Waals surface area (Å²) in [5, 5.41) is 2.39. The van der Waals surface area contributed by atoms with Crippen LogP contribution < -0.4 is 5.32 Å². The van der Waals surface area contributed by atoms with Gasteiger partial charge in [-0.3, -0.25) is 14.4 Å². The maximum Gasteiger partial charge on any atom is 0.249 e. The Bertz CT molecular complexity index is 849. The summed E-state index contributed by atoms with van der Waals surface area (Å²) in [6, 6.07) is 10.5. The number of piperidine rings is 1. The molecular formula is C33H58N4O3. The van der Waals surface area contributed by atoms with Crippen LogP contribution in [0.5, 0.6) is 0 Å². The van der Waals surface area contributed by atoms with E-state index in [0.717, 1.165) is 18.0 Å². The van der Waals surface area contributed by atoms with Gasteiger partial charge in [0.25, 0.3) is 0 Å². The Morgan fingerprint density at radius 1 is 1.00 bits per heavy atom. The van der Waals surface area contributed by atoms with Gasteiger partial charge in [-0.05, 0) is 64.6 Å². The summed E-state index contributed by atoms with van der Waals surface area (Å²) in [7, 11) is 1.70. The van der Waals surface area contributed by atoms with Crippen LogP contribution in [0.1, 0.15) is 93.1 Å². The standard InChI is InChI=1S/C22H33N3O3.C8H17N.C3H8/c1-6-12-25(15-19-10-8-7-9-11-19)22(28)18(4)13-20(17(2)3)24(5)21(27)14-23-16-26;1-8(2)9-6-4-3-5-7-9;1-3-2/h7-11,13,16-17,20H,6,12,14-15H2,1-5H3,(H,23,26);8H,3-7H2,1-2H3;3H2,1-2H3/b18-13+;;. The van der Waals surface area contributed by atoms with Crippen LogP contribution in [0.4, 0.5) is 0 Å². The zero-order valence-corrected chi connectivity index (χ0v) is 26.9. The van der Waals surface area contributed by atoms with Gasteiger partial charge in [-0.15, -0.1) is 0 Å². The number of rotatable bonds is 12. The molecule has 0 aromatic heterocycles. The van der Waals surface area contributed by atoms with Gasteiger partial charge < -0.3 is 20.0 Å². The summed E-state index contributed by atoms with van der Waals surface area (Å²) in [6.45, 7) is 20.5. The van der Waals surface area contributed by atoms with Gasteiger partial charge in [0, 0.05) is 31.8 Å². The molecule has 228 valence electrons. The lowest BCUT2D eigenvalue weighted by atomic mass is 9.99. The number of likely N-dealkylation sites (N-methyl/N-ethyl adjacent to an activating group) is 1. The van der Waals surface area contributed by atoms with Gasteiger partial charge in [-0.2, -0.15) is 0 Å². The quantitative estimate of drug-likeness (QED) is 0.256. The lowest BCUT2D eigenvalue weighted by Gasteiger charge is -2.30. The highest BCUT2D eigenvalue weighted by atomic mass is 16.2. The number of hydrogen-bond acceptors (Lipinski definition) is 4. The van der Waals surface area contributed by atoms with E-state index in [-0.39, 0.29) is 30.3 Å². The molecule has 1 aromatic rings. The molecule has 40 heavy (non-hydrogen) atoms. The number of nitrogens with zero attached hydrogens (tertiary/aromatic N) is 3. The molecule has 0 saturated carbocycles. The first-order valence-electron chi connectivity index (χ1n) is 15.2. The van der Waals surface area contributed by atoms with Gasteiger partial charge in [0.1, 0.15) is 0 Å². The van der Waals surface area contributed by atoms with E-state index in [1.54, 1.807) is 18.9 Å². The van der Waals surface area contributed by atoms with Crippen molar-refractivity contribution >= 4 is 18.2 Å². The fourth-order valence-corrected chi connectivity index (χ4v) is 4.51. The molecule has 1 saturated heterocycles. The van der Waals surface area contributed by atoms with E-state index < -0.39 is 0 Å². The zero-order chi connectivity index (χ0) is 30.5. The second-order valence-electron chi connectivity index (χ2n) is 11.2. The third-order valence-corrected chi connectivity index (χ3v) is 6.74. The molecule has 1 fully saturated rings. The Morgan fingerprint density at radius 2 is 1.57 bits per heavy atom. The van der Waals surface area contributed by atoms with E-state index in [4.69, 9.17) is 0 Å². The zero-order valence-electron chi connectivity index (χ0n) is 26.9. The van der Waals surface area contributed by atoms with Crippen LogP contribution in [0, 0.1) is 5.92 Å². The van der Waals surface area contributed by atoms with E-state index >= 15 is 0 Å². The van der Waals surface area contributed by atoms with Crippen molar-refractivity contribution in [3.05, 3.63) is 47.5 Å². The van der Waals surface area contributed by atoms with Crippen molar-refractivity contribution in [3.8, 4) is 0 Å². The molecule has 7 nitrogen and oxygen atoms in total. The fraction of sp³-hybridized carbons (Fsp3) is 0.667. The van der Waals surface area contributed by atoms with Gasteiger partial charge in [0.2, 0.25) is 18.2 Å². The average molecular weight is 559 g/mol. The smallest absolute Gasteiger partial charge is 0.249 e. The van der Waals surface area contributed by atoms with E-state index in [2.05, 4.69) is 37.9 Å². The van der Waals surface area contributed by atoms with Crippen LogP contribution in [-0.2, 0) is 20.9 Å². The lowest BCUT2D eigenvalue weighted by molar-refractivity contribution is -0.132. The van der Waals surface area contributed by atoms with E-state index in [1.165, 1.54) is 38.8 Å². The molecule has 7 heteroatoms. The molecule has 0 aliphatic carbocycles. The number of benzene rings is 1. The van der Waals surface area contributed by atoms with Gasteiger partial charge in [0.05, 0.1) is 12.6 Å². The summed E-state index contributed by atoms with van der Waals surface area (Å²) < 4.78 is 0. The average Bonchev–Trinajstić information content (AvgIpc) is 2.95. The first-order chi connectivity index (χ1) is 19.0. The van der Waals surface area contributed by atoms with Crippen LogP contribution in [0.2, 0.25) is 0 Å². The monoisotopic (exact) mass is 558 g/mol. The molecule has 0 spiro atoms. The van der Waals surface area contributed by atoms with Crippen molar-refractivity contribution in [3.63, 3.8) is 0 Å². The Balaban J connectivity index is 0.00000104. The van der Waals surface area contributed by atoms with Crippen LogP contribution in [0.25, 0.3) is 0 Å². The summed E-state index contributed by atoms with van der Waals surface area (Å²) in [5.74, 6) is -0.0955. The molecule has 0 bridgehead atoms. The molecule has 1 unspecified atom stereocenters. The summed E-state index contributed by atoms with van der Waals surface area (Å²) in [5.41, 5.74) is 1.70. The van der Waals surface area contributed by atoms with Gasteiger partial charge in [0.15, 0.2) is 0 Å².